The van der Waals surface area contributed by atoms with Crippen molar-refractivity contribution in [3.63, 3.8) is 0 Å². The molecule has 0 aliphatic rings. The number of carboxylic acid groups (broad SMARTS) is 1. The lowest BCUT2D eigenvalue weighted by Crippen LogP contribution is -2.75. The third-order valence-corrected chi connectivity index (χ3v) is 11.9. The first kappa shape index (κ1) is 60.6. The van der Waals surface area contributed by atoms with Gasteiger partial charge in [-0.3, -0.25) is 0 Å². The Hall–Kier alpha value is -7.62. The Labute approximate surface area is 427 Å². The summed E-state index contributed by atoms with van der Waals surface area (Å²) in [6, 6.07) is 12.9. The molecule has 0 atom stereocenters. The second-order valence-corrected chi connectivity index (χ2v) is 17.2. The third-order valence-electron chi connectivity index (χ3n) is 11.9. The molecule has 1 N–H and O–H groups in total. The van der Waals surface area contributed by atoms with Crippen LogP contribution < -0.4 is 31.2 Å². The largest absolute Gasteiger partial charge is 0.479 e. The van der Waals surface area contributed by atoms with Gasteiger partial charge < -0.3 is 9.84 Å². The van der Waals surface area contributed by atoms with Crippen molar-refractivity contribution in [3.8, 4) is 5.88 Å². The number of hydrogen-bond acceptors (Lipinski definition) is 2. The minimum Gasteiger partial charge on any atom is -0.479 e. The van der Waals surface area contributed by atoms with E-state index < -0.39 is 201 Å². The molecule has 1 heterocycles. The number of pyridine rings is 1. The van der Waals surface area contributed by atoms with Crippen molar-refractivity contribution < 1.29 is 125 Å². The summed E-state index contributed by atoms with van der Waals surface area (Å²) in [7, 11) is 0. The summed E-state index contributed by atoms with van der Waals surface area (Å²) in [6.45, 7) is 0.268. The van der Waals surface area contributed by atoms with Crippen LogP contribution in [0.5, 0.6) is 5.88 Å². The number of para-hydroxylation sites is 1. The topological polar surface area (TPSA) is 50.4 Å². The zero-order valence-corrected chi connectivity index (χ0v) is 38.6. The van der Waals surface area contributed by atoms with E-state index in [0.717, 1.165) is 16.5 Å². The first-order chi connectivity index (χ1) is 36.0. The number of fused-ring (bicyclic) bond motifs is 1. The van der Waals surface area contributed by atoms with Crippen LogP contribution in [0.25, 0.3) is 10.9 Å². The van der Waals surface area contributed by atoms with Crippen molar-refractivity contribution in [2.75, 3.05) is 6.61 Å². The highest BCUT2D eigenvalue weighted by Gasteiger charge is 2.47. The molecule has 0 saturated heterocycles. The third kappa shape index (κ3) is 14.0. The van der Waals surface area contributed by atoms with Gasteiger partial charge in [0.05, 0.1) is 50.6 Å². The molecule has 7 rings (SSSR count). The highest BCUT2D eigenvalue weighted by atomic mass is 19.4. The molecule has 0 spiro atoms. The maximum atomic E-state index is 14.2. The fraction of sp³-hybridized carbons (Fsp3) is 0.200. The quantitative estimate of drug-likeness (QED) is 0.0890. The van der Waals surface area contributed by atoms with E-state index in [9.17, 15) is 110 Å². The minimum atomic E-state index is -6.13. The average Bonchev–Trinajstić information content (AvgIpc) is 3.53. The van der Waals surface area contributed by atoms with Crippen LogP contribution in [0.4, 0.5) is 105 Å². The van der Waals surface area contributed by atoms with E-state index in [-0.39, 0.29) is 6.61 Å². The fourth-order valence-electron chi connectivity index (χ4n) is 8.51. The van der Waals surface area contributed by atoms with Crippen LogP contribution in [-0.4, -0.2) is 23.8 Å². The number of benzene rings is 6. The second kappa shape index (κ2) is 21.2. The van der Waals surface area contributed by atoms with Gasteiger partial charge in [-0.25, -0.2) is 4.79 Å². The first-order valence-corrected chi connectivity index (χ1v) is 21.7. The second-order valence-electron chi connectivity index (χ2n) is 17.2. The van der Waals surface area contributed by atoms with E-state index in [1.54, 1.807) is 0 Å². The van der Waals surface area contributed by atoms with Gasteiger partial charge >= 0.3 is 61.3 Å². The Balaban J connectivity index is 0.000000378. The van der Waals surface area contributed by atoms with Gasteiger partial charge in [0.1, 0.15) is 6.15 Å². The van der Waals surface area contributed by atoms with Gasteiger partial charge in [0, 0.05) is 17.0 Å². The number of aromatic nitrogens is 1. The molecule has 7 aromatic rings. The lowest BCUT2D eigenvalue weighted by Gasteiger charge is -2.46. The fourth-order valence-corrected chi connectivity index (χ4v) is 8.51. The maximum Gasteiger partial charge on any atom is 0.416 e. The summed E-state index contributed by atoms with van der Waals surface area (Å²) in [4.78, 5) is 10.8. The number of hydrogen-bond donors (Lipinski definition) is 1. The Morgan fingerprint density at radius 3 is 0.937 bits per heavy atom. The van der Waals surface area contributed by atoms with Crippen molar-refractivity contribution in [2.45, 2.75) is 56.0 Å². The first-order valence-electron chi connectivity index (χ1n) is 21.7. The Kier molecular flexibility index (Phi) is 16.3. The van der Waals surface area contributed by atoms with E-state index in [4.69, 9.17) is 9.84 Å². The molecule has 0 aliphatic carbocycles. The summed E-state index contributed by atoms with van der Waals surface area (Å²) < 4.78 is 348. The van der Waals surface area contributed by atoms with Crippen LogP contribution in [0, 0.1) is 0 Å². The van der Waals surface area contributed by atoms with Gasteiger partial charge in [-0.2, -0.15) is 132 Å². The Morgan fingerprint density at radius 1 is 0.380 bits per heavy atom. The zero-order valence-electron chi connectivity index (χ0n) is 38.6. The average molecular weight is 1160 g/mol. The number of aliphatic carboxylic acids is 1. The standard InChI is InChI=1S/C32H12BF24.C18H15NO3/c34-25(35,36)13-1-14(26(37,38)39)6-21(5-13)33(22-7-15(27(40,41)42)2-16(8-22)28(43,44)45,23-9-17(29(46,47)48)3-18(10-23)30(49,50)51)24-11-19(31(52,53)54)4-20(12-24)32(55,56)57;20-18(21)13-22-17-11-10-15-8-4-5-9-16(15)19(17)12-14-6-2-1-3-7-14/h1-12H;1-11H,12-13H2/q-1;/p+1. The number of carbonyl (C=O) groups is 1. The zero-order chi connectivity index (χ0) is 59.3. The van der Waals surface area contributed by atoms with Crippen LogP contribution in [0.1, 0.15) is 50.1 Å². The molecule has 0 amide bonds. The van der Waals surface area contributed by atoms with Crippen LogP contribution in [-0.2, 0) is 60.7 Å². The molecular weight excluding hydrogens is 1130 g/mol. The molecule has 0 saturated carbocycles. The molecule has 422 valence electrons. The molecule has 6 aromatic carbocycles. The number of rotatable bonds is 9. The molecule has 0 fully saturated rings. The van der Waals surface area contributed by atoms with Crippen molar-refractivity contribution in [1.29, 1.82) is 0 Å². The molecule has 29 heteroatoms. The molecule has 1 aromatic heterocycles. The Morgan fingerprint density at radius 2 is 0.658 bits per heavy atom. The van der Waals surface area contributed by atoms with Crippen molar-refractivity contribution in [3.05, 3.63) is 190 Å². The normalized spacial score (nSPS) is 13.3. The van der Waals surface area contributed by atoms with Crippen LogP contribution in [0.2, 0.25) is 0 Å². The van der Waals surface area contributed by atoms with Gasteiger partial charge in [-0.05, 0) is 36.4 Å². The van der Waals surface area contributed by atoms with E-state index in [0.29, 0.717) is 12.4 Å². The van der Waals surface area contributed by atoms with Gasteiger partial charge in [-0.1, -0.05) is 91.0 Å². The smallest absolute Gasteiger partial charge is 0.416 e. The molecule has 0 radical (unpaired) electrons. The predicted molar refractivity (Wildman–Crippen MR) is 233 cm³/mol. The maximum absolute atomic E-state index is 14.2. The van der Waals surface area contributed by atoms with Crippen molar-refractivity contribution in [1.82, 2.24) is 0 Å². The lowest BCUT2D eigenvalue weighted by atomic mass is 9.12. The molecular formula is C50H28BF24NO3. The number of halogens is 24. The minimum absolute atomic E-state index is 0.354. The van der Waals surface area contributed by atoms with Crippen LogP contribution >= 0.6 is 0 Å². The van der Waals surface area contributed by atoms with Gasteiger partial charge in [0.15, 0.2) is 13.2 Å². The number of ether oxygens (including phenoxy) is 1. The van der Waals surface area contributed by atoms with Gasteiger partial charge in [-0.15, -0.1) is 0 Å². The van der Waals surface area contributed by atoms with E-state index in [1.807, 2.05) is 71.3 Å². The van der Waals surface area contributed by atoms with Crippen LogP contribution in [0.3, 0.4) is 0 Å². The van der Waals surface area contributed by atoms with Crippen LogP contribution in [0.15, 0.2) is 140 Å². The molecule has 79 heavy (non-hydrogen) atoms. The molecule has 4 nitrogen and oxygen atoms in total. The highest BCUT2D eigenvalue weighted by Crippen LogP contribution is 2.41. The summed E-state index contributed by atoms with van der Waals surface area (Å²) in [5.41, 5.74) is -28.1. The summed E-state index contributed by atoms with van der Waals surface area (Å²) in [5, 5.41) is 9.92. The van der Waals surface area contributed by atoms with Gasteiger partial charge in [0.2, 0.25) is 5.52 Å². The number of alkyl halides is 24. The summed E-state index contributed by atoms with van der Waals surface area (Å²) >= 11 is 0. The predicted octanol–water partition coefficient (Wildman–Crippen LogP) is 13.9. The van der Waals surface area contributed by atoms with Crippen molar-refractivity contribution >= 4 is 44.9 Å². The number of carboxylic acids is 1. The van der Waals surface area contributed by atoms with E-state index in [2.05, 4.69) is 0 Å². The molecule has 0 bridgehead atoms. The summed E-state index contributed by atoms with van der Waals surface area (Å²) in [5.74, 6) is -0.440. The molecule has 0 unspecified atom stereocenters. The van der Waals surface area contributed by atoms with E-state index >= 15 is 0 Å². The number of nitrogens with zero attached hydrogens (tertiary/aromatic N) is 1. The van der Waals surface area contributed by atoms with E-state index in [1.165, 1.54) is 0 Å². The summed E-state index contributed by atoms with van der Waals surface area (Å²) in [6.07, 6.45) is -54.8. The van der Waals surface area contributed by atoms with Gasteiger partial charge in [0.25, 0.3) is 0 Å². The SMILES string of the molecule is FC(F)(F)c1cc([B-](c2cc(C(F)(F)F)cc(C(F)(F)F)c2)(c2cc(C(F)(F)F)cc(C(F)(F)F)c2)c2cc(C(F)(F)F)cc(C(F)(F)F)c2)cc(C(F)(F)F)c1.O=C(O)COc1ccc2ccccc2[n+]1Cc1ccccc1. The molecule has 0 aliphatic heterocycles. The lowest BCUT2D eigenvalue weighted by molar-refractivity contribution is -0.668. The van der Waals surface area contributed by atoms with Crippen molar-refractivity contribution in [2.24, 2.45) is 0 Å². The monoisotopic (exact) mass is 1160 g/mol. The highest BCUT2D eigenvalue weighted by molar-refractivity contribution is 7.20. The Bertz CT molecular complexity index is 2920.